The maximum Gasteiger partial charge on any atom is 0.416 e. The van der Waals surface area contributed by atoms with Crippen LogP contribution in [0.15, 0.2) is 73.1 Å². The van der Waals surface area contributed by atoms with E-state index in [1.54, 1.807) is 6.20 Å². The Balaban J connectivity index is 1.16. The van der Waals surface area contributed by atoms with Gasteiger partial charge in [0, 0.05) is 23.3 Å². The molecule has 7 nitrogen and oxygen atoms in total. The zero-order valence-corrected chi connectivity index (χ0v) is 24.3. The second kappa shape index (κ2) is 10.8. The van der Waals surface area contributed by atoms with Crippen LogP contribution in [0.2, 0.25) is 0 Å². The van der Waals surface area contributed by atoms with Crippen molar-refractivity contribution in [3.05, 3.63) is 101 Å². The molecule has 10 heteroatoms. The minimum absolute atomic E-state index is 0.0322. The van der Waals surface area contributed by atoms with E-state index in [1.807, 2.05) is 36.9 Å². The Morgan fingerprint density at radius 2 is 1.84 bits per heavy atom. The van der Waals surface area contributed by atoms with Crippen LogP contribution in [0.5, 0.6) is 0 Å². The third-order valence-electron chi connectivity index (χ3n) is 8.37. The summed E-state index contributed by atoms with van der Waals surface area (Å²) in [5.74, 6) is 0.408. The largest absolute Gasteiger partial charge is 0.416 e. The van der Waals surface area contributed by atoms with Gasteiger partial charge >= 0.3 is 6.18 Å². The van der Waals surface area contributed by atoms with Crippen LogP contribution in [0, 0.1) is 6.92 Å². The number of halogens is 3. The third-order valence-corrected chi connectivity index (χ3v) is 8.37. The lowest BCUT2D eigenvalue weighted by atomic mass is 9.92. The van der Waals surface area contributed by atoms with E-state index in [2.05, 4.69) is 45.0 Å². The molecular formula is C34H31F3N6O. The van der Waals surface area contributed by atoms with Gasteiger partial charge in [0.25, 0.3) is 5.91 Å². The van der Waals surface area contributed by atoms with Gasteiger partial charge < -0.3 is 10.6 Å². The maximum atomic E-state index is 13.2. The van der Waals surface area contributed by atoms with Crippen molar-refractivity contribution >= 4 is 28.4 Å². The van der Waals surface area contributed by atoms with E-state index in [9.17, 15) is 18.0 Å². The molecule has 2 fully saturated rings. The molecule has 0 aliphatic heterocycles. The quantitative estimate of drug-likeness (QED) is 0.188. The molecular weight excluding hydrogens is 565 g/mol. The average Bonchev–Trinajstić information content (AvgIpc) is 3.95. The number of nitrogens with one attached hydrogen (secondary N) is 2. The number of aryl methyl sites for hydroxylation is 1. The number of amides is 1. The van der Waals surface area contributed by atoms with Gasteiger partial charge in [0.15, 0.2) is 0 Å². The van der Waals surface area contributed by atoms with Gasteiger partial charge in [-0.3, -0.25) is 9.48 Å². The normalized spacial score (nSPS) is 15.8. The lowest BCUT2D eigenvalue weighted by Crippen LogP contribution is -2.27. The van der Waals surface area contributed by atoms with Crippen molar-refractivity contribution in [2.24, 2.45) is 0 Å². The molecule has 2 aromatic heterocycles. The molecule has 2 N–H and O–H groups in total. The molecule has 0 spiro atoms. The molecule has 2 aliphatic rings. The standard InChI is InChI=1S/C34H31F3N6O/c1-19(39-32(44)24-4-3-5-26(14-24)34(35,36)37)22-10-13-28(21-6-7-21)29(15-22)23-8-9-25-17-38-33(40-30(25)16-23)41-31-18-43(27-11-12-27)42-20(31)2/h3-5,8-10,13-19,21,27H,6-7,11-12H2,1-2H3,(H,39,44)(H,38,40,41)/t19-/m1/s1. The third kappa shape index (κ3) is 5.76. The van der Waals surface area contributed by atoms with Gasteiger partial charge in [-0.15, -0.1) is 0 Å². The number of hydrogen-bond acceptors (Lipinski definition) is 5. The predicted molar refractivity (Wildman–Crippen MR) is 163 cm³/mol. The fraction of sp³-hybridized carbons (Fsp3) is 0.294. The first-order valence-corrected chi connectivity index (χ1v) is 14.8. The van der Waals surface area contributed by atoms with E-state index in [0.717, 1.165) is 76.8 Å². The number of alkyl halides is 3. The molecule has 2 aliphatic carbocycles. The van der Waals surface area contributed by atoms with Crippen molar-refractivity contribution in [3.63, 3.8) is 0 Å². The molecule has 2 heterocycles. The van der Waals surface area contributed by atoms with E-state index in [4.69, 9.17) is 4.98 Å². The Morgan fingerprint density at radius 3 is 2.59 bits per heavy atom. The topological polar surface area (TPSA) is 84.7 Å². The van der Waals surface area contributed by atoms with Crippen LogP contribution in [-0.4, -0.2) is 25.7 Å². The number of anilines is 2. The van der Waals surface area contributed by atoms with Crippen molar-refractivity contribution < 1.29 is 18.0 Å². The van der Waals surface area contributed by atoms with Crippen LogP contribution >= 0.6 is 0 Å². The van der Waals surface area contributed by atoms with Crippen LogP contribution in [0.4, 0.5) is 24.8 Å². The van der Waals surface area contributed by atoms with E-state index < -0.39 is 23.7 Å². The van der Waals surface area contributed by atoms with Gasteiger partial charge in [-0.2, -0.15) is 18.3 Å². The lowest BCUT2D eigenvalue weighted by Gasteiger charge is -2.18. The summed E-state index contributed by atoms with van der Waals surface area (Å²) in [6.07, 6.45) is 3.84. The van der Waals surface area contributed by atoms with Crippen molar-refractivity contribution in [3.8, 4) is 11.1 Å². The first kappa shape index (κ1) is 28.1. The first-order valence-electron chi connectivity index (χ1n) is 14.8. The smallest absolute Gasteiger partial charge is 0.346 e. The monoisotopic (exact) mass is 596 g/mol. The van der Waals surface area contributed by atoms with E-state index >= 15 is 0 Å². The molecule has 1 atom stereocenters. The van der Waals surface area contributed by atoms with E-state index in [-0.39, 0.29) is 5.56 Å². The highest BCUT2D eigenvalue weighted by molar-refractivity contribution is 5.94. The summed E-state index contributed by atoms with van der Waals surface area (Å²) in [4.78, 5) is 22.2. The number of hydrogen-bond donors (Lipinski definition) is 2. The number of fused-ring (bicyclic) bond motifs is 1. The van der Waals surface area contributed by atoms with Crippen molar-refractivity contribution in [1.29, 1.82) is 0 Å². The Hall–Kier alpha value is -4.73. The minimum atomic E-state index is -4.52. The van der Waals surface area contributed by atoms with Gasteiger partial charge in [0.1, 0.15) is 0 Å². The number of carbonyl (C=O) groups is 1. The Labute approximate surface area is 252 Å². The van der Waals surface area contributed by atoms with Crippen LogP contribution in [0.1, 0.15) is 83.4 Å². The second-order valence-corrected chi connectivity index (χ2v) is 11.8. The second-order valence-electron chi connectivity index (χ2n) is 11.8. The summed E-state index contributed by atoms with van der Waals surface area (Å²) in [5, 5.41) is 11.7. The fourth-order valence-electron chi connectivity index (χ4n) is 5.55. The molecule has 224 valence electrons. The summed E-state index contributed by atoms with van der Waals surface area (Å²) in [6.45, 7) is 3.80. The fourth-order valence-corrected chi connectivity index (χ4v) is 5.55. The Bertz CT molecular complexity index is 1890. The number of aromatic nitrogens is 4. The average molecular weight is 597 g/mol. The van der Waals surface area contributed by atoms with Gasteiger partial charge in [0.05, 0.1) is 34.5 Å². The summed E-state index contributed by atoms with van der Waals surface area (Å²) in [6, 6.07) is 16.8. The lowest BCUT2D eigenvalue weighted by molar-refractivity contribution is -0.137. The molecule has 0 bridgehead atoms. The van der Waals surface area contributed by atoms with E-state index in [0.29, 0.717) is 17.9 Å². The molecule has 1 amide bonds. The summed E-state index contributed by atoms with van der Waals surface area (Å²) >= 11 is 0. The van der Waals surface area contributed by atoms with Crippen molar-refractivity contribution in [2.45, 2.75) is 63.7 Å². The van der Waals surface area contributed by atoms with Crippen molar-refractivity contribution in [2.75, 3.05) is 5.32 Å². The SMILES string of the molecule is Cc1nn(C2CC2)cc1Nc1ncc2ccc(-c3cc([C@@H](C)NC(=O)c4cccc(C(F)(F)F)c4)ccc3C3CC3)cc2n1. The molecule has 0 radical (unpaired) electrons. The zero-order chi connectivity index (χ0) is 30.6. The first-order chi connectivity index (χ1) is 21.1. The number of carbonyl (C=O) groups excluding carboxylic acids is 1. The van der Waals surface area contributed by atoms with Crippen molar-refractivity contribution in [1.82, 2.24) is 25.1 Å². The summed E-state index contributed by atoms with van der Waals surface area (Å²) in [5.41, 5.74) is 5.85. The zero-order valence-electron chi connectivity index (χ0n) is 24.3. The van der Waals surface area contributed by atoms with Gasteiger partial charge in [-0.25, -0.2) is 9.97 Å². The summed E-state index contributed by atoms with van der Waals surface area (Å²) in [7, 11) is 0. The summed E-state index contributed by atoms with van der Waals surface area (Å²) < 4.78 is 41.6. The van der Waals surface area contributed by atoms with E-state index in [1.165, 1.54) is 17.7 Å². The Morgan fingerprint density at radius 1 is 1.02 bits per heavy atom. The number of nitrogens with zero attached hydrogens (tertiary/aromatic N) is 4. The van der Waals surface area contributed by atoms with Crippen LogP contribution in [0.25, 0.3) is 22.0 Å². The molecule has 2 saturated carbocycles. The Kier molecular flexibility index (Phi) is 6.87. The van der Waals surface area contributed by atoms with Crippen LogP contribution < -0.4 is 10.6 Å². The highest BCUT2D eigenvalue weighted by Gasteiger charge is 2.31. The predicted octanol–water partition coefficient (Wildman–Crippen LogP) is 8.27. The molecule has 0 saturated heterocycles. The van der Waals surface area contributed by atoms with Gasteiger partial charge in [-0.1, -0.05) is 30.3 Å². The molecule has 7 rings (SSSR count). The molecule has 3 aromatic carbocycles. The minimum Gasteiger partial charge on any atom is -0.346 e. The number of benzene rings is 3. The maximum absolute atomic E-state index is 13.2. The highest BCUT2D eigenvalue weighted by Crippen LogP contribution is 2.45. The van der Waals surface area contributed by atoms with Crippen LogP contribution in [-0.2, 0) is 6.18 Å². The molecule has 5 aromatic rings. The van der Waals surface area contributed by atoms with Crippen LogP contribution in [0.3, 0.4) is 0 Å². The molecule has 0 unspecified atom stereocenters. The highest BCUT2D eigenvalue weighted by atomic mass is 19.4. The van der Waals surface area contributed by atoms with Gasteiger partial charge in [-0.05, 0) is 98.0 Å². The molecule has 44 heavy (non-hydrogen) atoms. The number of rotatable bonds is 8. The van der Waals surface area contributed by atoms with Gasteiger partial charge in [0.2, 0.25) is 5.95 Å².